The number of nitrogens with one attached hydrogen (secondary N) is 1. The Morgan fingerprint density at radius 3 is 2.52 bits per heavy atom. The number of hydrogen-bond acceptors (Lipinski definition) is 4. The summed E-state index contributed by atoms with van der Waals surface area (Å²) in [6.45, 7) is 12.9. The predicted molar refractivity (Wildman–Crippen MR) is 89.8 cm³/mol. The van der Waals surface area contributed by atoms with E-state index >= 15 is 0 Å². The first-order valence-electron chi connectivity index (χ1n) is 8.26. The lowest BCUT2D eigenvalue weighted by Gasteiger charge is -2.42. The largest absolute Gasteiger partial charge is 0.368 e. The fourth-order valence-electron chi connectivity index (χ4n) is 3.13. The molecule has 1 atom stereocenters. The van der Waals surface area contributed by atoms with E-state index in [-0.39, 0.29) is 5.60 Å². The standard InChI is InChI=1S/C17H30N2OS/c1-6-18-13(3)14-12-21-15(19-14)17(20-7-2)10-8-16(4,5)9-11-17/h12-13,18H,6-11H2,1-5H3. The van der Waals surface area contributed by atoms with Crippen LogP contribution in [0.25, 0.3) is 0 Å². The van der Waals surface area contributed by atoms with Crippen LogP contribution >= 0.6 is 11.3 Å². The van der Waals surface area contributed by atoms with Crippen molar-refractivity contribution in [2.24, 2.45) is 5.41 Å². The van der Waals surface area contributed by atoms with Gasteiger partial charge in [-0.25, -0.2) is 4.98 Å². The average Bonchev–Trinajstić information content (AvgIpc) is 2.92. The third-order valence-corrected chi connectivity index (χ3v) is 5.74. The number of nitrogens with zero attached hydrogens (tertiary/aromatic N) is 1. The minimum Gasteiger partial charge on any atom is -0.368 e. The fraction of sp³-hybridized carbons (Fsp3) is 0.824. The van der Waals surface area contributed by atoms with E-state index in [0.29, 0.717) is 11.5 Å². The average molecular weight is 311 g/mol. The maximum absolute atomic E-state index is 6.23. The van der Waals surface area contributed by atoms with Crippen molar-refractivity contribution in [1.29, 1.82) is 0 Å². The summed E-state index contributed by atoms with van der Waals surface area (Å²) in [7, 11) is 0. The molecule has 0 spiro atoms. The van der Waals surface area contributed by atoms with E-state index in [4.69, 9.17) is 9.72 Å². The lowest BCUT2D eigenvalue weighted by atomic mass is 9.71. The third-order valence-electron chi connectivity index (χ3n) is 4.70. The number of thiazole rings is 1. The topological polar surface area (TPSA) is 34.1 Å². The smallest absolute Gasteiger partial charge is 0.125 e. The Balaban J connectivity index is 2.19. The maximum atomic E-state index is 6.23. The van der Waals surface area contributed by atoms with Gasteiger partial charge in [-0.2, -0.15) is 0 Å². The molecule has 1 aliphatic carbocycles. The van der Waals surface area contributed by atoms with Gasteiger partial charge in [0.25, 0.3) is 0 Å². The molecule has 0 aliphatic heterocycles. The molecule has 1 N–H and O–H groups in total. The number of hydrogen-bond donors (Lipinski definition) is 1. The van der Waals surface area contributed by atoms with Crippen molar-refractivity contribution in [3.63, 3.8) is 0 Å². The Bertz CT molecular complexity index is 445. The molecule has 2 rings (SSSR count). The van der Waals surface area contributed by atoms with E-state index in [2.05, 4.69) is 45.3 Å². The van der Waals surface area contributed by atoms with Gasteiger partial charge in [-0.15, -0.1) is 11.3 Å². The van der Waals surface area contributed by atoms with Gasteiger partial charge in [0.1, 0.15) is 10.6 Å². The molecule has 1 aromatic rings. The zero-order chi connectivity index (χ0) is 15.5. The highest BCUT2D eigenvalue weighted by atomic mass is 32.1. The molecule has 0 bridgehead atoms. The van der Waals surface area contributed by atoms with Gasteiger partial charge in [0.15, 0.2) is 0 Å². The van der Waals surface area contributed by atoms with Gasteiger partial charge in [0, 0.05) is 18.0 Å². The molecule has 0 radical (unpaired) electrons. The second kappa shape index (κ2) is 6.76. The number of aromatic nitrogens is 1. The zero-order valence-corrected chi connectivity index (χ0v) is 15.0. The lowest BCUT2D eigenvalue weighted by Crippen LogP contribution is -2.37. The van der Waals surface area contributed by atoms with Crippen LogP contribution < -0.4 is 5.32 Å². The van der Waals surface area contributed by atoms with Crippen molar-refractivity contribution in [1.82, 2.24) is 10.3 Å². The van der Waals surface area contributed by atoms with Crippen molar-refractivity contribution in [2.45, 2.75) is 71.9 Å². The third kappa shape index (κ3) is 3.85. The van der Waals surface area contributed by atoms with Crippen molar-refractivity contribution >= 4 is 11.3 Å². The highest BCUT2D eigenvalue weighted by molar-refractivity contribution is 7.09. The lowest BCUT2D eigenvalue weighted by molar-refractivity contribution is -0.0891. The molecule has 120 valence electrons. The van der Waals surface area contributed by atoms with E-state index in [0.717, 1.165) is 31.7 Å². The van der Waals surface area contributed by atoms with Crippen LogP contribution in [0.5, 0.6) is 0 Å². The fourth-order valence-corrected chi connectivity index (χ4v) is 4.26. The molecule has 1 saturated carbocycles. The SMILES string of the molecule is CCNC(C)c1csc(C2(OCC)CCC(C)(C)CC2)n1. The second-order valence-electron chi connectivity index (χ2n) is 6.95. The molecule has 1 heterocycles. The molecule has 1 unspecified atom stereocenters. The summed E-state index contributed by atoms with van der Waals surface area (Å²) in [5.74, 6) is 0. The minimum atomic E-state index is -0.140. The molecular weight excluding hydrogens is 280 g/mol. The number of ether oxygens (including phenoxy) is 1. The molecular formula is C17H30N2OS. The first kappa shape index (κ1) is 16.9. The Morgan fingerprint density at radius 1 is 1.29 bits per heavy atom. The van der Waals surface area contributed by atoms with E-state index < -0.39 is 0 Å². The van der Waals surface area contributed by atoms with Crippen LogP contribution in [0.4, 0.5) is 0 Å². The highest BCUT2D eigenvalue weighted by Gasteiger charge is 2.42. The van der Waals surface area contributed by atoms with Crippen LogP contribution in [0.1, 0.15) is 77.0 Å². The van der Waals surface area contributed by atoms with E-state index in [1.165, 1.54) is 17.8 Å². The second-order valence-corrected chi connectivity index (χ2v) is 7.81. The summed E-state index contributed by atoms with van der Waals surface area (Å²) >= 11 is 1.77. The van der Waals surface area contributed by atoms with Crippen molar-refractivity contribution in [3.05, 3.63) is 16.1 Å². The monoisotopic (exact) mass is 310 g/mol. The van der Waals surface area contributed by atoms with Gasteiger partial charge in [-0.1, -0.05) is 20.8 Å². The molecule has 0 aromatic carbocycles. The Labute approximate surface area is 133 Å². The number of rotatable bonds is 6. The maximum Gasteiger partial charge on any atom is 0.125 e. The summed E-state index contributed by atoms with van der Waals surface area (Å²) in [6, 6.07) is 0.318. The highest BCUT2D eigenvalue weighted by Crippen LogP contribution is 2.48. The first-order chi connectivity index (χ1) is 9.92. The van der Waals surface area contributed by atoms with Crippen LogP contribution in [-0.2, 0) is 10.3 Å². The van der Waals surface area contributed by atoms with E-state index in [1.54, 1.807) is 11.3 Å². The van der Waals surface area contributed by atoms with Crippen LogP contribution in [0.2, 0.25) is 0 Å². The quantitative estimate of drug-likeness (QED) is 0.830. The van der Waals surface area contributed by atoms with Gasteiger partial charge in [-0.05, 0) is 51.5 Å². The molecule has 1 aromatic heterocycles. The molecule has 21 heavy (non-hydrogen) atoms. The van der Waals surface area contributed by atoms with Gasteiger partial charge < -0.3 is 10.1 Å². The molecule has 1 aliphatic rings. The van der Waals surface area contributed by atoms with Crippen LogP contribution in [0.3, 0.4) is 0 Å². The van der Waals surface area contributed by atoms with E-state index in [1.807, 2.05) is 0 Å². The molecule has 4 heteroatoms. The van der Waals surface area contributed by atoms with Gasteiger partial charge >= 0.3 is 0 Å². The summed E-state index contributed by atoms with van der Waals surface area (Å²) in [5, 5.41) is 6.82. The zero-order valence-electron chi connectivity index (χ0n) is 14.2. The van der Waals surface area contributed by atoms with Crippen molar-refractivity contribution < 1.29 is 4.74 Å². The summed E-state index contributed by atoms with van der Waals surface area (Å²) in [6.07, 6.45) is 4.61. The van der Waals surface area contributed by atoms with Gasteiger partial charge in [0.2, 0.25) is 0 Å². The summed E-state index contributed by atoms with van der Waals surface area (Å²) in [5.41, 5.74) is 1.46. The normalized spacial score (nSPS) is 22.1. The first-order valence-corrected chi connectivity index (χ1v) is 9.13. The van der Waals surface area contributed by atoms with Crippen LogP contribution in [0.15, 0.2) is 5.38 Å². The summed E-state index contributed by atoms with van der Waals surface area (Å²) in [4.78, 5) is 4.92. The van der Waals surface area contributed by atoms with E-state index in [9.17, 15) is 0 Å². The summed E-state index contributed by atoms with van der Waals surface area (Å²) < 4.78 is 6.23. The van der Waals surface area contributed by atoms with Gasteiger partial charge in [-0.3, -0.25) is 0 Å². The van der Waals surface area contributed by atoms with Crippen molar-refractivity contribution in [2.75, 3.05) is 13.2 Å². The predicted octanol–water partition coefficient (Wildman–Crippen LogP) is 4.65. The Morgan fingerprint density at radius 2 is 1.95 bits per heavy atom. The minimum absolute atomic E-state index is 0.140. The molecule has 0 amide bonds. The molecule has 3 nitrogen and oxygen atoms in total. The Kier molecular flexibility index (Phi) is 5.44. The Hall–Kier alpha value is -0.450. The molecule has 0 saturated heterocycles. The van der Waals surface area contributed by atoms with Crippen molar-refractivity contribution in [3.8, 4) is 0 Å². The van der Waals surface area contributed by atoms with Gasteiger partial charge in [0.05, 0.1) is 5.69 Å². The van der Waals surface area contributed by atoms with Crippen LogP contribution in [0, 0.1) is 5.41 Å². The van der Waals surface area contributed by atoms with Crippen LogP contribution in [-0.4, -0.2) is 18.1 Å². The molecule has 1 fully saturated rings.